The molecule has 1 aromatic carbocycles. The van der Waals surface area contributed by atoms with Gasteiger partial charge < -0.3 is 5.32 Å². The van der Waals surface area contributed by atoms with Crippen molar-refractivity contribution in [2.45, 2.75) is 6.18 Å². The number of halogens is 5. The summed E-state index contributed by atoms with van der Waals surface area (Å²) in [5, 5.41) is 2.90. The number of nitrogens with one attached hydrogen (secondary N) is 1. The minimum atomic E-state index is -4.40. The number of nitrogens with zero attached hydrogens (tertiary/aromatic N) is 1. The fourth-order valence-electron chi connectivity index (χ4n) is 1.43. The summed E-state index contributed by atoms with van der Waals surface area (Å²) in [6, 6.07) is 4.88. The summed E-state index contributed by atoms with van der Waals surface area (Å²) in [6.45, 7) is 0. The van der Waals surface area contributed by atoms with Crippen LogP contribution in [-0.4, -0.2) is 4.98 Å². The van der Waals surface area contributed by atoms with Crippen LogP contribution in [0.3, 0.4) is 0 Å². The van der Waals surface area contributed by atoms with Crippen molar-refractivity contribution in [2.75, 3.05) is 5.32 Å². The molecule has 2 aromatic rings. The van der Waals surface area contributed by atoms with Gasteiger partial charge in [-0.15, -0.1) is 0 Å². The maximum atomic E-state index is 12.5. The van der Waals surface area contributed by atoms with Crippen LogP contribution in [0, 0.1) is 0 Å². The third-order valence-corrected chi connectivity index (χ3v) is 3.03. The molecule has 0 atom stereocenters. The maximum Gasteiger partial charge on any atom is 0.416 e. The van der Waals surface area contributed by atoms with Gasteiger partial charge in [0.15, 0.2) is 0 Å². The van der Waals surface area contributed by atoms with Gasteiger partial charge in [-0.05, 0) is 40.2 Å². The standard InChI is InChI=1S/C12H7BrClF3N2/c13-8-4-9(6-18-5-8)19-11-2-1-7(3-10(11)14)12(15,16)17/h1-6,19H. The van der Waals surface area contributed by atoms with Gasteiger partial charge in [0.1, 0.15) is 0 Å². The molecule has 0 bridgehead atoms. The normalized spacial score (nSPS) is 11.4. The fraction of sp³-hybridized carbons (Fsp3) is 0.0833. The van der Waals surface area contributed by atoms with Crippen molar-refractivity contribution in [3.8, 4) is 0 Å². The van der Waals surface area contributed by atoms with Gasteiger partial charge in [-0.25, -0.2) is 0 Å². The maximum absolute atomic E-state index is 12.5. The molecule has 2 nitrogen and oxygen atoms in total. The Kier molecular flexibility index (Phi) is 4.01. The molecule has 0 aliphatic rings. The first-order valence-corrected chi connectivity index (χ1v) is 6.28. The number of hydrogen-bond acceptors (Lipinski definition) is 2. The second-order valence-corrected chi connectivity index (χ2v) is 5.03. The van der Waals surface area contributed by atoms with E-state index in [0.29, 0.717) is 11.4 Å². The summed E-state index contributed by atoms with van der Waals surface area (Å²) in [4.78, 5) is 3.93. The van der Waals surface area contributed by atoms with Crippen LogP contribution in [0.2, 0.25) is 5.02 Å². The van der Waals surface area contributed by atoms with Gasteiger partial charge in [-0.3, -0.25) is 4.98 Å². The first-order chi connectivity index (χ1) is 8.86. The van der Waals surface area contributed by atoms with Crippen LogP contribution < -0.4 is 5.32 Å². The van der Waals surface area contributed by atoms with E-state index < -0.39 is 11.7 Å². The quantitative estimate of drug-likeness (QED) is 0.798. The molecule has 19 heavy (non-hydrogen) atoms. The number of benzene rings is 1. The summed E-state index contributed by atoms with van der Waals surface area (Å²) in [5.41, 5.74) is 0.223. The second kappa shape index (κ2) is 5.38. The number of anilines is 2. The number of hydrogen-bond donors (Lipinski definition) is 1. The molecule has 2 rings (SSSR count). The van der Waals surface area contributed by atoms with E-state index in [1.165, 1.54) is 6.07 Å². The van der Waals surface area contributed by atoms with Gasteiger partial charge in [0.25, 0.3) is 0 Å². The molecular formula is C12H7BrClF3N2. The van der Waals surface area contributed by atoms with Crippen molar-refractivity contribution in [3.05, 3.63) is 51.7 Å². The largest absolute Gasteiger partial charge is 0.416 e. The lowest BCUT2D eigenvalue weighted by molar-refractivity contribution is -0.137. The van der Waals surface area contributed by atoms with E-state index >= 15 is 0 Å². The summed E-state index contributed by atoms with van der Waals surface area (Å²) in [6.07, 6.45) is -1.27. The zero-order valence-corrected chi connectivity index (χ0v) is 11.6. The highest BCUT2D eigenvalue weighted by atomic mass is 79.9. The van der Waals surface area contributed by atoms with Crippen LogP contribution in [-0.2, 0) is 6.18 Å². The Labute approximate surface area is 120 Å². The van der Waals surface area contributed by atoms with Crippen molar-refractivity contribution >= 4 is 38.9 Å². The van der Waals surface area contributed by atoms with Crippen molar-refractivity contribution < 1.29 is 13.2 Å². The molecule has 0 radical (unpaired) electrons. The number of aromatic nitrogens is 1. The minimum Gasteiger partial charge on any atom is -0.353 e. The Balaban J connectivity index is 2.27. The third kappa shape index (κ3) is 3.61. The molecule has 1 heterocycles. The summed E-state index contributed by atoms with van der Waals surface area (Å²) in [5.74, 6) is 0. The van der Waals surface area contributed by atoms with Crippen LogP contribution in [0.25, 0.3) is 0 Å². The first-order valence-electron chi connectivity index (χ1n) is 5.10. The molecule has 100 valence electrons. The second-order valence-electron chi connectivity index (χ2n) is 3.71. The van der Waals surface area contributed by atoms with Gasteiger partial charge in [-0.2, -0.15) is 13.2 Å². The van der Waals surface area contributed by atoms with E-state index in [2.05, 4.69) is 26.2 Å². The van der Waals surface area contributed by atoms with Crippen LogP contribution >= 0.6 is 27.5 Å². The summed E-state index contributed by atoms with van der Waals surface area (Å²) in [7, 11) is 0. The smallest absolute Gasteiger partial charge is 0.353 e. The van der Waals surface area contributed by atoms with E-state index in [0.717, 1.165) is 16.6 Å². The Hall–Kier alpha value is -1.27. The number of pyridine rings is 1. The highest BCUT2D eigenvalue weighted by Crippen LogP contribution is 2.34. The Bertz CT molecular complexity index is 602. The van der Waals surface area contributed by atoms with Crippen LogP contribution in [0.15, 0.2) is 41.1 Å². The Morgan fingerprint density at radius 2 is 1.89 bits per heavy atom. The van der Waals surface area contributed by atoms with Gasteiger partial charge in [0.05, 0.1) is 28.2 Å². The van der Waals surface area contributed by atoms with E-state index in [1.54, 1.807) is 18.5 Å². The Morgan fingerprint density at radius 3 is 2.47 bits per heavy atom. The van der Waals surface area contributed by atoms with Crippen LogP contribution in [0.1, 0.15) is 5.56 Å². The molecule has 0 spiro atoms. The lowest BCUT2D eigenvalue weighted by Crippen LogP contribution is -2.05. The molecule has 0 amide bonds. The minimum absolute atomic E-state index is 0.00481. The highest BCUT2D eigenvalue weighted by molar-refractivity contribution is 9.10. The molecule has 7 heteroatoms. The molecular weight excluding hydrogens is 344 g/mol. The molecule has 0 unspecified atom stereocenters. The molecule has 1 aromatic heterocycles. The van der Waals surface area contributed by atoms with E-state index in [4.69, 9.17) is 11.6 Å². The van der Waals surface area contributed by atoms with Gasteiger partial charge in [-0.1, -0.05) is 11.6 Å². The van der Waals surface area contributed by atoms with E-state index in [9.17, 15) is 13.2 Å². The van der Waals surface area contributed by atoms with Gasteiger partial charge >= 0.3 is 6.18 Å². The lowest BCUT2D eigenvalue weighted by atomic mass is 10.2. The molecule has 0 aliphatic heterocycles. The van der Waals surface area contributed by atoms with Crippen LogP contribution in [0.4, 0.5) is 24.5 Å². The average molecular weight is 352 g/mol. The molecule has 0 saturated heterocycles. The van der Waals surface area contributed by atoms with Gasteiger partial charge in [0, 0.05) is 10.7 Å². The summed E-state index contributed by atoms with van der Waals surface area (Å²) < 4.78 is 38.2. The van der Waals surface area contributed by atoms with Crippen LogP contribution in [0.5, 0.6) is 0 Å². The molecule has 0 saturated carbocycles. The fourth-order valence-corrected chi connectivity index (χ4v) is 2.02. The zero-order chi connectivity index (χ0) is 14.0. The lowest BCUT2D eigenvalue weighted by Gasteiger charge is -2.11. The SMILES string of the molecule is FC(F)(F)c1ccc(Nc2cncc(Br)c2)c(Cl)c1. The molecule has 0 fully saturated rings. The third-order valence-electron chi connectivity index (χ3n) is 2.28. The predicted molar refractivity (Wildman–Crippen MR) is 71.7 cm³/mol. The molecule has 0 aliphatic carbocycles. The van der Waals surface area contributed by atoms with Gasteiger partial charge in [0.2, 0.25) is 0 Å². The summed E-state index contributed by atoms with van der Waals surface area (Å²) >= 11 is 9.08. The van der Waals surface area contributed by atoms with E-state index in [-0.39, 0.29) is 5.02 Å². The van der Waals surface area contributed by atoms with Crippen molar-refractivity contribution in [3.63, 3.8) is 0 Å². The van der Waals surface area contributed by atoms with Crippen molar-refractivity contribution in [1.82, 2.24) is 4.98 Å². The topological polar surface area (TPSA) is 24.9 Å². The van der Waals surface area contributed by atoms with E-state index in [1.807, 2.05) is 0 Å². The highest BCUT2D eigenvalue weighted by Gasteiger charge is 2.30. The number of alkyl halides is 3. The molecule has 1 N–H and O–H groups in total. The number of rotatable bonds is 2. The predicted octanol–water partition coefficient (Wildman–Crippen LogP) is 5.26. The zero-order valence-electron chi connectivity index (χ0n) is 9.30. The first kappa shape index (κ1) is 14.1. The monoisotopic (exact) mass is 350 g/mol. The average Bonchev–Trinajstić information content (AvgIpc) is 2.30. The van der Waals surface area contributed by atoms with Crippen molar-refractivity contribution in [2.24, 2.45) is 0 Å². The van der Waals surface area contributed by atoms with Crippen molar-refractivity contribution in [1.29, 1.82) is 0 Å². The Morgan fingerprint density at radius 1 is 1.16 bits per heavy atom.